The molecule has 0 aliphatic rings. The van der Waals surface area contributed by atoms with E-state index >= 15 is 0 Å². The summed E-state index contributed by atoms with van der Waals surface area (Å²) in [5.41, 5.74) is 3.29. The van der Waals surface area contributed by atoms with Crippen molar-refractivity contribution in [3.05, 3.63) is 91.0 Å². The van der Waals surface area contributed by atoms with Gasteiger partial charge in [0.2, 0.25) is 0 Å². The zero-order chi connectivity index (χ0) is 21.2. The number of rotatable bonds is 7. The molecule has 1 aromatic heterocycles. The molecule has 0 aliphatic heterocycles. The summed E-state index contributed by atoms with van der Waals surface area (Å²) in [4.78, 5) is 4.55. The van der Waals surface area contributed by atoms with Crippen molar-refractivity contribution in [1.29, 1.82) is 0 Å². The normalized spacial score (nSPS) is 11.0. The molecule has 0 N–H and O–H groups in total. The van der Waals surface area contributed by atoms with E-state index < -0.39 is 0 Å². The Morgan fingerprint density at radius 3 is 2.48 bits per heavy atom. The highest BCUT2D eigenvalue weighted by Crippen LogP contribution is 2.32. The molecule has 29 heavy (non-hydrogen) atoms. The number of hydrogen-bond acceptors (Lipinski definition) is 2. The molecule has 0 spiro atoms. The summed E-state index contributed by atoms with van der Waals surface area (Å²) < 4.78 is 8.33. The molecule has 0 bridgehead atoms. The minimum atomic E-state index is 0.368. The molecule has 2 aromatic carbocycles. The molecular formula is C26H32N2O. The van der Waals surface area contributed by atoms with Crippen LogP contribution in [0, 0.1) is 0 Å². The molecule has 1 heterocycles. The summed E-state index contributed by atoms with van der Waals surface area (Å²) in [6.45, 7) is 14.2. The Hall–Kier alpha value is -3.07. The van der Waals surface area contributed by atoms with Crippen LogP contribution in [0.5, 0.6) is 5.75 Å². The molecule has 0 saturated heterocycles. The summed E-state index contributed by atoms with van der Waals surface area (Å²) in [5, 5.41) is 0. The topological polar surface area (TPSA) is 27.1 Å². The van der Waals surface area contributed by atoms with Gasteiger partial charge in [-0.2, -0.15) is 0 Å². The number of imidazole rings is 1. The third kappa shape index (κ3) is 5.47. The molecule has 0 atom stereocenters. The maximum atomic E-state index is 6.24. The lowest BCUT2D eigenvalue weighted by molar-refractivity contribution is 0.403. The van der Waals surface area contributed by atoms with Gasteiger partial charge in [-0.15, -0.1) is 0 Å². The first kappa shape index (κ1) is 22.2. The van der Waals surface area contributed by atoms with Crippen LogP contribution in [0.3, 0.4) is 0 Å². The predicted octanol–water partition coefficient (Wildman–Crippen LogP) is 7.55. The third-order valence-electron chi connectivity index (χ3n) is 4.46. The Morgan fingerprint density at radius 2 is 1.86 bits per heavy atom. The lowest BCUT2D eigenvalue weighted by Gasteiger charge is -2.17. The van der Waals surface area contributed by atoms with E-state index in [9.17, 15) is 0 Å². The van der Waals surface area contributed by atoms with Gasteiger partial charge in [0, 0.05) is 30.4 Å². The van der Waals surface area contributed by atoms with E-state index in [1.165, 1.54) is 5.56 Å². The van der Waals surface area contributed by atoms with Crippen LogP contribution in [-0.2, 0) is 0 Å². The molecule has 0 aliphatic carbocycles. The van der Waals surface area contributed by atoms with Crippen molar-refractivity contribution >= 4 is 0 Å². The number of allylic oxidation sites excluding steroid dienone is 3. The maximum absolute atomic E-state index is 6.24. The van der Waals surface area contributed by atoms with Crippen LogP contribution in [0.15, 0.2) is 85.4 Å². The summed E-state index contributed by atoms with van der Waals surface area (Å²) in [6.07, 6.45) is 8.31. The number of benzene rings is 2. The lowest BCUT2D eigenvalue weighted by Crippen LogP contribution is -2.02. The van der Waals surface area contributed by atoms with Crippen molar-refractivity contribution < 1.29 is 4.74 Å². The number of aromatic nitrogens is 2. The van der Waals surface area contributed by atoms with Gasteiger partial charge in [-0.3, -0.25) is 4.57 Å². The maximum Gasteiger partial charge on any atom is 0.144 e. The molecule has 152 valence electrons. The monoisotopic (exact) mass is 388 g/mol. The van der Waals surface area contributed by atoms with E-state index in [4.69, 9.17) is 4.74 Å². The fourth-order valence-corrected chi connectivity index (χ4v) is 3.05. The Labute approximate surface area is 175 Å². The van der Waals surface area contributed by atoms with E-state index in [0.717, 1.165) is 35.0 Å². The van der Waals surface area contributed by atoms with E-state index in [0.29, 0.717) is 5.92 Å². The fraction of sp³-hybridized carbons (Fsp3) is 0.269. The van der Waals surface area contributed by atoms with Crippen LogP contribution in [0.4, 0.5) is 0 Å². The Bertz CT molecular complexity index is 936. The Kier molecular flexibility index (Phi) is 8.47. The van der Waals surface area contributed by atoms with Crippen molar-refractivity contribution in [2.45, 2.75) is 47.0 Å². The van der Waals surface area contributed by atoms with Crippen LogP contribution in [0.1, 0.15) is 52.5 Å². The van der Waals surface area contributed by atoms with Crippen molar-refractivity contribution in [1.82, 2.24) is 9.55 Å². The van der Waals surface area contributed by atoms with Gasteiger partial charge in [0.15, 0.2) is 0 Å². The van der Waals surface area contributed by atoms with Gasteiger partial charge in [-0.1, -0.05) is 83.7 Å². The first-order valence-electron chi connectivity index (χ1n) is 10.4. The highest BCUT2D eigenvalue weighted by molar-refractivity contribution is 5.59. The van der Waals surface area contributed by atoms with Crippen molar-refractivity contribution in [2.75, 3.05) is 0 Å². The lowest BCUT2D eigenvalue weighted by atomic mass is 10.0. The molecule has 0 unspecified atom stereocenters. The fourth-order valence-electron chi connectivity index (χ4n) is 3.05. The van der Waals surface area contributed by atoms with Gasteiger partial charge in [-0.05, 0) is 23.6 Å². The Morgan fingerprint density at radius 1 is 1.14 bits per heavy atom. The van der Waals surface area contributed by atoms with Crippen LogP contribution in [-0.4, -0.2) is 9.55 Å². The average molecular weight is 389 g/mol. The summed E-state index contributed by atoms with van der Waals surface area (Å²) in [7, 11) is 0. The van der Waals surface area contributed by atoms with Crippen LogP contribution in [0.25, 0.3) is 17.1 Å². The Balaban J connectivity index is 0.00000145. The second kappa shape index (κ2) is 11.1. The quantitative estimate of drug-likeness (QED) is 0.309. The van der Waals surface area contributed by atoms with Crippen LogP contribution < -0.4 is 4.74 Å². The zero-order valence-electron chi connectivity index (χ0n) is 18.2. The molecule has 0 amide bonds. The van der Waals surface area contributed by atoms with Crippen LogP contribution in [0.2, 0.25) is 0 Å². The predicted molar refractivity (Wildman–Crippen MR) is 124 cm³/mol. The number of nitrogens with zero attached hydrogens (tertiary/aromatic N) is 2. The average Bonchev–Trinajstić information content (AvgIpc) is 3.25. The molecule has 0 radical (unpaired) electrons. The van der Waals surface area contributed by atoms with Gasteiger partial charge in [0.05, 0.1) is 5.69 Å². The summed E-state index contributed by atoms with van der Waals surface area (Å²) >= 11 is 0. The minimum Gasteiger partial charge on any atom is -0.461 e. The molecule has 3 aromatic rings. The molecule has 0 saturated carbocycles. The third-order valence-corrected chi connectivity index (χ3v) is 4.46. The van der Waals surface area contributed by atoms with Gasteiger partial charge in [-0.25, -0.2) is 4.98 Å². The smallest absolute Gasteiger partial charge is 0.144 e. The highest BCUT2D eigenvalue weighted by atomic mass is 16.5. The first-order chi connectivity index (χ1) is 14.1. The van der Waals surface area contributed by atoms with Gasteiger partial charge < -0.3 is 4.74 Å². The largest absolute Gasteiger partial charge is 0.461 e. The van der Waals surface area contributed by atoms with E-state index in [2.05, 4.69) is 67.2 Å². The van der Waals surface area contributed by atoms with E-state index in [1.54, 1.807) is 6.08 Å². The van der Waals surface area contributed by atoms with Crippen molar-refractivity contribution in [2.24, 2.45) is 0 Å². The van der Waals surface area contributed by atoms with Gasteiger partial charge in [0.1, 0.15) is 17.3 Å². The second-order valence-corrected chi connectivity index (χ2v) is 6.69. The SMILES string of the molecule is C=C/C=C(\CC)Oc1cc(-n2ccnc2-c2ccccc2)ccc1C(C)C.CC. The van der Waals surface area contributed by atoms with E-state index in [1.807, 2.05) is 50.5 Å². The molecule has 3 nitrogen and oxygen atoms in total. The minimum absolute atomic E-state index is 0.368. The van der Waals surface area contributed by atoms with Crippen LogP contribution >= 0.6 is 0 Å². The number of hydrogen-bond donors (Lipinski definition) is 0. The van der Waals surface area contributed by atoms with Crippen molar-refractivity contribution in [3.63, 3.8) is 0 Å². The first-order valence-corrected chi connectivity index (χ1v) is 10.4. The molecular weight excluding hydrogens is 356 g/mol. The summed E-state index contributed by atoms with van der Waals surface area (Å²) in [5.74, 6) is 3.06. The summed E-state index contributed by atoms with van der Waals surface area (Å²) in [6, 6.07) is 16.6. The second-order valence-electron chi connectivity index (χ2n) is 6.69. The zero-order valence-corrected chi connectivity index (χ0v) is 18.2. The molecule has 3 heteroatoms. The number of ether oxygens (including phenoxy) is 1. The standard InChI is InChI=1S/C24H26N2O.C2H6/c1-5-10-21(6-2)27-23-17-20(13-14-22(23)18(3)4)26-16-15-25-24(26)19-11-8-7-9-12-19;1-2/h5,7-18H,1,6H2,2-4H3;1-2H3/b21-10+;. The van der Waals surface area contributed by atoms with Crippen molar-refractivity contribution in [3.8, 4) is 22.8 Å². The van der Waals surface area contributed by atoms with E-state index in [-0.39, 0.29) is 0 Å². The molecule has 0 fully saturated rings. The molecule has 3 rings (SSSR count). The highest BCUT2D eigenvalue weighted by Gasteiger charge is 2.13. The van der Waals surface area contributed by atoms with Gasteiger partial charge >= 0.3 is 0 Å². The van der Waals surface area contributed by atoms with Gasteiger partial charge in [0.25, 0.3) is 0 Å².